The number of hydrogen-bond donors (Lipinski definition) is 1. The van der Waals surface area contributed by atoms with Crippen molar-refractivity contribution in [2.24, 2.45) is 0 Å². The predicted molar refractivity (Wildman–Crippen MR) is 90.9 cm³/mol. The van der Waals surface area contributed by atoms with Crippen LogP contribution in [0, 0.1) is 13.8 Å². The Labute approximate surface area is 136 Å². The average Bonchev–Trinajstić information content (AvgIpc) is 2.37. The lowest BCUT2D eigenvalue weighted by molar-refractivity contribution is 0.397. The number of methoxy groups -OCH3 is 1. The second-order valence-electron chi connectivity index (χ2n) is 5.35. The van der Waals surface area contributed by atoms with E-state index in [0.717, 1.165) is 39.9 Å². The minimum absolute atomic E-state index is 0.0556. The summed E-state index contributed by atoms with van der Waals surface area (Å²) in [5, 5.41) is 3.33. The molecule has 1 unspecified atom stereocenters. The van der Waals surface area contributed by atoms with E-state index in [1.54, 1.807) is 7.11 Å². The van der Waals surface area contributed by atoms with Gasteiger partial charge in [0.1, 0.15) is 15.6 Å². The largest absolute Gasteiger partial charge is 0.496 e. The summed E-state index contributed by atoms with van der Waals surface area (Å²) in [6, 6.07) is 1.72. The summed E-state index contributed by atoms with van der Waals surface area (Å²) >= 11 is 3.54. The molecule has 0 aliphatic heterocycles. The summed E-state index contributed by atoms with van der Waals surface area (Å²) in [6.45, 7) is 6.75. The van der Waals surface area contributed by atoms with E-state index >= 15 is 0 Å². The van der Waals surface area contributed by atoms with E-state index in [0.29, 0.717) is 0 Å². The topological polar surface area (TPSA) is 55.4 Å². The van der Waals surface area contributed by atoms with E-state index < -0.39 is 9.84 Å². The van der Waals surface area contributed by atoms with Crippen LogP contribution in [0.4, 0.5) is 0 Å². The van der Waals surface area contributed by atoms with Gasteiger partial charge in [-0.3, -0.25) is 0 Å². The highest BCUT2D eigenvalue weighted by atomic mass is 79.9. The Kier molecular flexibility index (Phi) is 6.69. The van der Waals surface area contributed by atoms with Gasteiger partial charge in [-0.2, -0.15) is 0 Å². The molecular weight excluding hydrogens is 354 g/mol. The van der Waals surface area contributed by atoms with Crippen molar-refractivity contribution in [3.63, 3.8) is 0 Å². The summed E-state index contributed by atoms with van der Waals surface area (Å²) in [4.78, 5) is 0. The van der Waals surface area contributed by atoms with Gasteiger partial charge in [0.05, 0.1) is 18.9 Å². The lowest BCUT2D eigenvalue weighted by atomic mass is 9.98. The molecule has 1 rings (SSSR count). The molecular formula is C15H24BrNO3S. The Balaban J connectivity index is 3.41. The lowest BCUT2D eigenvalue weighted by Gasteiger charge is -2.24. The van der Waals surface area contributed by atoms with E-state index in [1.807, 2.05) is 19.9 Å². The summed E-state index contributed by atoms with van der Waals surface area (Å²) in [6.07, 6.45) is 2.20. The van der Waals surface area contributed by atoms with Crippen molar-refractivity contribution in [1.82, 2.24) is 5.32 Å². The Morgan fingerprint density at radius 2 is 2.00 bits per heavy atom. The molecule has 21 heavy (non-hydrogen) atoms. The van der Waals surface area contributed by atoms with Crippen LogP contribution in [0.3, 0.4) is 0 Å². The quantitative estimate of drug-likeness (QED) is 0.792. The van der Waals surface area contributed by atoms with Crippen LogP contribution in [0.1, 0.15) is 36.1 Å². The van der Waals surface area contributed by atoms with Crippen LogP contribution in [0.15, 0.2) is 10.5 Å². The van der Waals surface area contributed by atoms with Gasteiger partial charge in [-0.1, -0.05) is 22.9 Å². The summed E-state index contributed by atoms with van der Waals surface area (Å²) in [5.41, 5.74) is 2.92. The molecule has 6 heteroatoms. The maximum absolute atomic E-state index is 11.8. The molecule has 0 heterocycles. The Morgan fingerprint density at radius 1 is 1.38 bits per heavy atom. The molecule has 0 radical (unpaired) electrons. The molecule has 0 saturated heterocycles. The molecule has 0 amide bonds. The molecule has 4 nitrogen and oxygen atoms in total. The van der Waals surface area contributed by atoms with E-state index in [9.17, 15) is 8.42 Å². The van der Waals surface area contributed by atoms with E-state index in [4.69, 9.17) is 4.74 Å². The molecule has 0 aliphatic rings. The first-order chi connectivity index (χ1) is 9.71. The van der Waals surface area contributed by atoms with Crippen LogP contribution in [-0.4, -0.2) is 34.1 Å². The third kappa shape index (κ3) is 4.97. The fraction of sp³-hybridized carbons (Fsp3) is 0.600. The van der Waals surface area contributed by atoms with Gasteiger partial charge >= 0.3 is 0 Å². The maximum Gasteiger partial charge on any atom is 0.149 e. The van der Waals surface area contributed by atoms with Crippen molar-refractivity contribution < 1.29 is 13.2 Å². The van der Waals surface area contributed by atoms with Gasteiger partial charge in [-0.25, -0.2) is 8.42 Å². The average molecular weight is 378 g/mol. The second kappa shape index (κ2) is 7.61. The van der Waals surface area contributed by atoms with Gasteiger partial charge in [0.15, 0.2) is 0 Å². The van der Waals surface area contributed by atoms with Crippen LogP contribution in [-0.2, 0) is 9.84 Å². The van der Waals surface area contributed by atoms with Crippen molar-refractivity contribution >= 4 is 25.8 Å². The third-order valence-electron chi connectivity index (χ3n) is 3.37. The van der Waals surface area contributed by atoms with Crippen molar-refractivity contribution in [3.05, 3.63) is 27.2 Å². The molecule has 1 aromatic rings. The fourth-order valence-corrected chi connectivity index (χ4v) is 3.88. The third-order valence-corrected chi connectivity index (χ3v) is 5.13. The van der Waals surface area contributed by atoms with Gasteiger partial charge in [0, 0.05) is 16.3 Å². The van der Waals surface area contributed by atoms with Gasteiger partial charge in [0.2, 0.25) is 0 Å². The number of benzene rings is 1. The summed E-state index contributed by atoms with van der Waals surface area (Å²) < 4.78 is 30.0. The number of hydrogen-bond acceptors (Lipinski definition) is 4. The normalized spacial score (nSPS) is 13.2. The number of halogens is 1. The number of aryl methyl sites for hydroxylation is 1. The van der Waals surface area contributed by atoms with E-state index in [1.165, 1.54) is 6.26 Å². The van der Waals surface area contributed by atoms with Crippen molar-refractivity contribution in [2.75, 3.05) is 25.7 Å². The number of ether oxygens (including phenoxy) is 1. The standard InChI is InChI=1S/C15H24BrNO3S/c1-6-7-17-13(9-21(5,18)19)14-11(3)12(16)8-10(2)15(14)20-4/h8,13,17H,6-7,9H2,1-5H3. The highest BCUT2D eigenvalue weighted by molar-refractivity contribution is 9.10. The van der Waals surface area contributed by atoms with Crippen molar-refractivity contribution in [2.45, 2.75) is 33.2 Å². The predicted octanol–water partition coefficient (Wildman–Crippen LogP) is 3.16. The van der Waals surface area contributed by atoms with E-state index in [2.05, 4.69) is 28.2 Å². The number of rotatable bonds is 7. The van der Waals surface area contributed by atoms with Crippen molar-refractivity contribution in [3.8, 4) is 5.75 Å². The van der Waals surface area contributed by atoms with Crippen LogP contribution < -0.4 is 10.1 Å². The maximum atomic E-state index is 11.8. The van der Waals surface area contributed by atoms with Crippen LogP contribution in [0.2, 0.25) is 0 Å². The number of sulfone groups is 1. The zero-order valence-electron chi connectivity index (χ0n) is 13.3. The lowest BCUT2D eigenvalue weighted by Crippen LogP contribution is -2.29. The molecule has 1 aromatic carbocycles. The smallest absolute Gasteiger partial charge is 0.149 e. The molecule has 0 aliphatic carbocycles. The molecule has 1 N–H and O–H groups in total. The molecule has 0 spiro atoms. The molecule has 1 atom stereocenters. The highest BCUT2D eigenvalue weighted by Gasteiger charge is 2.24. The first-order valence-electron chi connectivity index (χ1n) is 6.96. The number of nitrogens with one attached hydrogen (secondary N) is 1. The first kappa shape index (κ1) is 18.5. The van der Waals surface area contributed by atoms with Gasteiger partial charge in [0.25, 0.3) is 0 Å². The SMILES string of the molecule is CCCNC(CS(C)(=O)=O)c1c(C)c(Br)cc(C)c1OC. The zero-order chi connectivity index (χ0) is 16.2. The van der Waals surface area contributed by atoms with Crippen LogP contribution >= 0.6 is 15.9 Å². The van der Waals surface area contributed by atoms with E-state index in [-0.39, 0.29) is 11.8 Å². The zero-order valence-corrected chi connectivity index (χ0v) is 15.7. The fourth-order valence-electron chi connectivity index (χ4n) is 2.43. The molecule has 0 saturated carbocycles. The van der Waals surface area contributed by atoms with Crippen LogP contribution in [0.25, 0.3) is 0 Å². The first-order valence-corrected chi connectivity index (χ1v) is 9.81. The Bertz CT molecular complexity index is 599. The summed E-state index contributed by atoms with van der Waals surface area (Å²) in [5.74, 6) is 0.813. The van der Waals surface area contributed by atoms with Gasteiger partial charge in [-0.05, 0) is 44.0 Å². The molecule has 120 valence electrons. The summed E-state index contributed by atoms with van der Waals surface area (Å²) in [7, 11) is -1.48. The van der Waals surface area contributed by atoms with Gasteiger partial charge in [-0.15, -0.1) is 0 Å². The molecule has 0 fully saturated rings. The Hall–Kier alpha value is -0.590. The molecule has 0 bridgehead atoms. The highest BCUT2D eigenvalue weighted by Crippen LogP contribution is 2.36. The van der Waals surface area contributed by atoms with Crippen molar-refractivity contribution in [1.29, 1.82) is 0 Å². The minimum atomic E-state index is -3.10. The van der Waals surface area contributed by atoms with Crippen LogP contribution in [0.5, 0.6) is 5.75 Å². The Morgan fingerprint density at radius 3 is 2.48 bits per heavy atom. The molecule has 0 aromatic heterocycles. The van der Waals surface area contributed by atoms with Gasteiger partial charge < -0.3 is 10.1 Å². The monoisotopic (exact) mass is 377 g/mol. The minimum Gasteiger partial charge on any atom is -0.496 e. The second-order valence-corrected chi connectivity index (χ2v) is 8.39.